The molecule has 9 heteroatoms. The van der Waals surface area contributed by atoms with Crippen LogP contribution in [0.3, 0.4) is 0 Å². The van der Waals surface area contributed by atoms with Crippen molar-refractivity contribution in [1.82, 2.24) is 9.55 Å². The van der Waals surface area contributed by atoms with Crippen LogP contribution in [0.25, 0.3) is 0 Å². The zero-order valence-corrected chi connectivity index (χ0v) is 14.0. The molecule has 1 fully saturated rings. The Morgan fingerprint density at radius 1 is 1.42 bits per heavy atom. The van der Waals surface area contributed by atoms with E-state index < -0.39 is 24.1 Å². The first-order chi connectivity index (χ1) is 11.5. The molecule has 1 aromatic heterocycles. The fraction of sp³-hybridized carbons (Fsp3) is 0.333. The first-order valence-electron chi connectivity index (χ1n) is 7.27. The largest absolute Gasteiger partial charge is 0.506 e. The number of hydrogen-bond donors (Lipinski definition) is 4. The van der Waals surface area contributed by atoms with Gasteiger partial charge < -0.3 is 25.4 Å². The molecule has 1 saturated heterocycles. The van der Waals surface area contributed by atoms with Crippen molar-refractivity contribution < 1.29 is 20.1 Å². The Morgan fingerprint density at radius 3 is 2.83 bits per heavy atom. The molecule has 0 radical (unpaired) electrons. The van der Waals surface area contributed by atoms with Crippen LogP contribution in [0.4, 0.5) is 11.5 Å². The fourth-order valence-electron chi connectivity index (χ4n) is 2.50. The van der Waals surface area contributed by atoms with E-state index in [0.717, 1.165) is 0 Å². The minimum atomic E-state index is -0.843. The number of ether oxygens (including phenoxy) is 1. The number of halogens is 1. The van der Waals surface area contributed by atoms with Gasteiger partial charge >= 0.3 is 5.69 Å². The van der Waals surface area contributed by atoms with Crippen molar-refractivity contribution in [2.75, 3.05) is 11.9 Å². The minimum Gasteiger partial charge on any atom is -0.506 e. The van der Waals surface area contributed by atoms with Crippen LogP contribution < -0.4 is 11.0 Å². The van der Waals surface area contributed by atoms with Gasteiger partial charge in [-0.2, -0.15) is 4.98 Å². The van der Waals surface area contributed by atoms with Crippen molar-refractivity contribution in [1.29, 1.82) is 0 Å². The lowest BCUT2D eigenvalue weighted by Crippen LogP contribution is -2.28. The summed E-state index contributed by atoms with van der Waals surface area (Å²) in [7, 11) is 0. The molecule has 0 aliphatic carbocycles. The van der Waals surface area contributed by atoms with Gasteiger partial charge in [0.25, 0.3) is 0 Å². The monoisotopic (exact) mass is 397 g/mol. The van der Waals surface area contributed by atoms with Gasteiger partial charge in [-0.1, -0.05) is 12.1 Å². The first-order valence-corrected chi connectivity index (χ1v) is 8.07. The molecule has 8 nitrogen and oxygen atoms in total. The number of anilines is 2. The molecule has 0 saturated carbocycles. The highest BCUT2D eigenvalue weighted by Gasteiger charge is 2.35. The lowest BCUT2D eigenvalue weighted by Gasteiger charge is -2.16. The number of aromatic hydroxyl groups is 1. The zero-order valence-electron chi connectivity index (χ0n) is 12.5. The highest BCUT2D eigenvalue weighted by molar-refractivity contribution is 9.10. The van der Waals surface area contributed by atoms with E-state index >= 15 is 0 Å². The molecule has 4 N–H and O–H groups in total. The van der Waals surface area contributed by atoms with Gasteiger partial charge in [0.15, 0.2) is 5.82 Å². The van der Waals surface area contributed by atoms with E-state index in [2.05, 4.69) is 26.2 Å². The van der Waals surface area contributed by atoms with E-state index in [9.17, 15) is 15.0 Å². The number of para-hydroxylation sites is 2. The van der Waals surface area contributed by atoms with Gasteiger partial charge in [-0.15, -0.1) is 0 Å². The van der Waals surface area contributed by atoms with E-state index in [1.54, 1.807) is 18.2 Å². The summed E-state index contributed by atoms with van der Waals surface area (Å²) < 4.78 is 7.20. The summed E-state index contributed by atoms with van der Waals surface area (Å²) in [5.41, 5.74) is -0.164. The Balaban J connectivity index is 1.87. The van der Waals surface area contributed by atoms with Crippen LogP contribution in [0.1, 0.15) is 12.6 Å². The van der Waals surface area contributed by atoms with Crippen LogP contribution in [0.2, 0.25) is 0 Å². The zero-order chi connectivity index (χ0) is 17.3. The SMILES string of the molecule is O=c1nc(Nc2ccccc2O)c(Br)cn1C1CC(O)C(CO)O1. The lowest BCUT2D eigenvalue weighted by atomic mass is 10.2. The summed E-state index contributed by atoms with van der Waals surface area (Å²) in [4.78, 5) is 16.2. The molecular formula is C15H16BrN3O5. The third-order valence-corrected chi connectivity index (χ3v) is 4.34. The topological polar surface area (TPSA) is 117 Å². The maximum Gasteiger partial charge on any atom is 0.351 e. The maximum absolute atomic E-state index is 12.3. The van der Waals surface area contributed by atoms with E-state index in [1.165, 1.54) is 16.8 Å². The van der Waals surface area contributed by atoms with Gasteiger partial charge in [-0.3, -0.25) is 4.57 Å². The van der Waals surface area contributed by atoms with Crippen LogP contribution in [0.5, 0.6) is 5.75 Å². The molecule has 3 unspecified atom stereocenters. The molecule has 24 heavy (non-hydrogen) atoms. The molecule has 3 atom stereocenters. The van der Waals surface area contributed by atoms with Gasteiger partial charge in [0.2, 0.25) is 0 Å². The number of aliphatic hydroxyl groups is 2. The highest BCUT2D eigenvalue weighted by Crippen LogP contribution is 2.31. The summed E-state index contributed by atoms with van der Waals surface area (Å²) in [6.07, 6.45) is -0.586. The Kier molecular flexibility index (Phi) is 4.86. The normalized spacial score (nSPS) is 23.4. The van der Waals surface area contributed by atoms with Gasteiger partial charge in [0.05, 0.1) is 22.9 Å². The summed E-state index contributed by atoms with van der Waals surface area (Å²) in [5.74, 6) is 0.276. The van der Waals surface area contributed by atoms with Crippen molar-refractivity contribution in [3.8, 4) is 5.75 Å². The second-order valence-corrected chi connectivity index (χ2v) is 6.24. The van der Waals surface area contributed by atoms with Gasteiger partial charge in [-0.25, -0.2) is 4.79 Å². The molecule has 0 bridgehead atoms. The number of aliphatic hydroxyl groups excluding tert-OH is 2. The molecule has 2 aromatic rings. The van der Waals surface area contributed by atoms with Crippen molar-refractivity contribution in [3.05, 3.63) is 45.4 Å². The number of nitrogens with zero attached hydrogens (tertiary/aromatic N) is 2. The number of benzene rings is 1. The third-order valence-electron chi connectivity index (χ3n) is 3.76. The van der Waals surface area contributed by atoms with Gasteiger partial charge in [0.1, 0.15) is 18.1 Å². The molecule has 3 rings (SSSR count). The minimum absolute atomic E-state index is 0.0309. The van der Waals surface area contributed by atoms with E-state index in [1.807, 2.05) is 0 Å². The Labute approximate surface area is 145 Å². The Hall–Kier alpha value is -1.94. The van der Waals surface area contributed by atoms with Crippen molar-refractivity contribution in [2.45, 2.75) is 24.9 Å². The Morgan fingerprint density at radius 2 is 2.17 bits per heavy atom. The molecule has 1 aromatic carbocycles. The summed E-state index contributed by atoms with van der Waals surface area (Å²) >= 11 is 3.32. The fourth-order valence-corrected chi connectivity index (χ4v) is 2.90. The third kappa shape index (κ3) is 3.29. The number of rotatable bonds is 4. The van der Waals surface area contributed by atoms with Crippen LogP contribution >= 0.6 is 15.9 Å². The van der Waals surface area contributed by atoms with E-state index in [4.69, 9.17) is 9.84 Å². The maximum atomic E-state index is 12.3. The number of phenols is 1. The smallest absolute Gasteiger partial charge is 0.351 e. The molecule has 0 amide bonds. The molecule has 2 heterocycles. The highest BCUT2D eigenvalue weighted by atomic mass is 79.9. The number of nitrogens with one attached hydrogen (secondary N) is 1. The van der Waals surface area contributed by atoms with Crippen LogP contribution in [-0.2, 0) is 4.74 Å². The van der Waals surface area contributed by atoms with Gasteiger partial charge in [-0.05, 0) is 28.1 Å². The molecular weight excluding hydrogens is 382 g/mol. The predicted molar refractivity (Wildman–Crippen MR) is 89.2 cm³/mol. The predicted octanol–water partition coefficient (Wildman–Crippen LogP) is 1.10. The van der Waals surface area contributed by atoms with Crippen LogP contribution in [0, 0.1) is 0 Å². The molecule has 0 spiro atoms. The van der Waals surface area contributed by atoms with E-state index in [0.29, 0.717) is 10.2 Å². The molecule has 1 aliphatic rings. The summed E-state index contributed by atoms with van der Waals surface area (Å²) in [5, 5.41) is 31.6. The van der Waals surface area contributed by atoms with Crippen LogP contribution in [-0.4, -0.2) is 43.7 Å². The summed E-state index contributed by atoms with van der Waals surface area (Å²) in [6.45, 7) is -0.325. The molecule has 1 aliphatic heterocycles. The van der Waals surface area contributed by atoms with Crippen molar-refractivity contribution >= 4 is 27.4 Å². The van der Waals surface area contributed by atoms with E-state index in [-0.39, 0.29) is 24.6 Å². The standard InChI is InChI=1S/C15H16BrN3O5/c16-8-6-19(13-5-11(22)12(7-20)24-13)15(23)18-14(8)17-9-3-1-2-4-10(9)21/h1-4,6,11-13,20-22H,5,7H2,(H,17,18,23). The average molecular weight is 398 g/mol. The lowest BCUT2D eigenvalue weighted by molar-refractivity contribution is -0.0459. The molecule has 128 valence electrons. The van der Waals surface area contributed by atoms with Crippen molar-refractivity contribution in [2.24, 2.45) is 0 Å². The first kappa shape index (κ1) is 16.9. The second-order valence-electron chi connectivity index (χ2n) is 5.38. The van der Waals surface area contributed by atoms with Crippen molar-refractivity contribution in [3.63, 3.8) is 0 Å². The number of aromatic nitrogens is 2. The van der Waals surface area contributed by atoms with Gasteiger partial charge in [0, 0.05) is 12.6 Å². The average Bonchev–Trinajstić information content (AvgIpc) is 2.93. The number of hydrogen-bond acceptors (Lipinski definition) is 7. The number of phenolic OH excluding ortho intramolecular Hbond substituents is 1. The second kappa shape index (κ2) is 6.89. The summed E-state index contributed by atoms with van der Waals surface area (Å²) in [6, 6.07) is 6.58. The van der Waals surface area contributed by atoms with Crippen LogP contribution in [0.15, 0.2) is 39.7 Å². The quantitative estimate of drug-likeness (QED) is 0.570. The Bertz CT molecular complexity index is 797.